The molecule has 0 radical (unpaired) electrons. The molecule has 16 heavy (non-hydrogen) atoms. The Balaban J connectivity index is 1.79. The number of hydrogen-bond acceptors (Lipinski definition) is 1. The monoisotopic (exact) mass is 245 g/mol. The van der Waals surface area contributed by atoms with E-state index in [0.29, 0.717) is 23.4 Å². The SMILES string of the molecule is Fc1cccc(CNCC2CC(Cl)C2)c1F. The maximum atomic E-state index is 13.2. The molecule has 1 saturated carbocycles. The summed E-state index contributed by atoms with van der Waals surface area (Å²) in [5.41, 5.74) is 0.377. The number of hydrogen-bond donors (Lipinski definition) is 1. The molecule has 0 unspecified atom stereocenters. The second-order valence-corrected chi connectivity index (χ2v) is 4.90. The zero-order valence-electron chi connectivity index (χ0n) is 8.85. The highest BCUT2D eigenvalue weighted by atomic mass is 35.5. The predicted octanol–water partition coefficient (Wildman–Crippen LogP) is 3.07. The first-order valence-corrected chi connectivity index (χ1v) is 5.88. The Labute approximate surface area is 98.8 Å². The van der Waals surface area contributed by atoms with Gasteiger partial charge in [-0.1, -0.05) is 12.1 Å². The van der Waals surface area contributed by atoms with Crippen molar-refractivity contribution in [2.45, 2.75) is 24.8 Å². The third-order valence-corrected chi connectivity index (χ3v) is 3.31. The van der Waals surface area contributed by atoms with Crippen LogP contribution in [0.3, 0.4) is 0 Å². The van der Waals surface area contributed by atoms with E-state index in [4.69, 9.17) is 11.6 Å². The van der Waals surface area contributed by atoms with Gasteiger partial charge in [-0.15, -0.1) is 11.6 Å². The highest BCUT2D eigenvalue weighted by Gasteiger charge is 2.26. The summed E-state index contributed by atoms with van der Waals surface area (Å²) >= 11 is 5.85. The molecule has 1 aliphatic carbocycles. The van der Waals surface area contributed by atoms with Gasteiger partial charge in [-0.3, -0.25) is 0 Å². The second-order valence-electron chi connectivity index (χ2n) is 4.28. The molecule has 1 N–H and O–H groups in total. The van der Waals surface area contributed by atoms with Gasteiger partial charge in [-0.2, -0.15) is 0 Å². The Bertz CT molecular complexity index is 364. The summed E-state index contributed by atoms with van der Waals surface area (Å²) < 4.78 is 26.1. The molecule has 1 aromatic carbocycles. The van der Waals surface area contributed by atoms with Gasteiger partial charge in [0.15, 0.2) is 11.6 Å². The van der Waals surface area contributed by atoms with Crippen molar-refractivity contribution in [1.29, 1.82) is 0 Å². The Morgan fingerprint density at radius 2 is 2.06 bits per heavy atom. The molecule has 1 aliphatic rings. The van der Waals surface area contributed by atoms with Crippen LogP contribution in [0.4, 0.5) is 8.78 Å². The van der Waals surface area contributed by atoms with Crippen LogP contribution in [0.5, 0.6) is 0 Å². The summed E-state index contributed by atoms with van der Waals surface area (Å²) in [7, 11) is 0. The van der Waals surface area contributed by atoms with Crippen molar-refractivity contribution in [2.24, 2.45) is 5.92 Å². The first-order valence-electron chi connectivity index (χ1n) is 5.44. The van der Waals surface area contributed by atoms with Crippen LogP contribution in [0.25, 0.3) is 0 Å². The van der Waals surface area contributed by atoms with E-state index in [2.05, 4.69) is 5.32 Å². The van der Waals surface area contributed by atoms with Gasteiger partial charge < -0.3 is 5.32 Å². The van der Waals surface area contributed by atoms with Crippen LogP contribution in [0.1, 0.15) is 18.4 Å². The van der Waals surface area contributed by atoms with E-state index in [-0.39, 0.29) is 0 Å². The Hall–Kier alpha value is -0.670. The Morgan fingerprint density at radius 3 is 2.75 bits per heavy atom. The quantitative estimate of drug-likeness (QED) is 0.804. The Kier molecular flexibility index (Phi) is 3.77. The summed E-state index contributed by atoms with van der Waals surface area (Å²) in [5, 5.41) is 3.43. The topological polar surface area (TPSA) is 12.0 Å². The van der Waals surface area contributed by atoms with Crippen LogP contribution >= 0.6 is 11.6 Å². The van der Waals surface area contributed by atoms with Gasteiger partial charge in [0.1, 0.15) is 0 Å². The van der Waals surface area contributed by atoms with Crippen molar-refractivity contribution in [3.63, 3.8) is 0 Å². The molecular weight excluding hydrogens is 232 g/mol. The summed E-state index contributed by atoms with van der Waals surface area (Å²) in [6, 6.07) is 4.24. The van der Waals surface area contributed by atoms with Crippen molar-refractivity contribution >= 4 is 11.6 Å². The average molecular weight is 246 g/mol. The maximum absolute atomic E-state index is 13.2. The summed E-state index contributed by atoms with van der Waals surface area (Å²) in [5.74, 6) is -0.957. The predicted molar refractivity (Wildman–Crippen MR) is 60.4 cm³/mol. The number of alkyl halides is 1. The maximum Gasteiger partial charge on any atom is 0.163 e. The molecule has 0 aliphatic heterocycles. The van der Waals surface area contributed by atoms with Gasteiger partial charge in [0.2, 0.25) is 0 Å². The molecule has 88 valence electrons. The zero-order chi connectivity index (χ0) is 11.5. The van der Waals surface area contributed by atoms with E-state index in [1.165, 1.54) is 6.07 Å². The van der Waals surface area contributed by atoms with E-state index in [1.54, 1.807) is 6.07 Å². The number of rotatable bonds is 4. The van der Waals surface area contributed by atoms with Crippen LogP contribution in [0.15, 0.2) is 18.2 Å². The number of nitrogens with one attached hydrogen (secondary N) is 1. The van der Waals surface area contributed by atoms with Crippen LogP contribution in [-0.4, -0.2) is 11.9 Å². The van der Waals surface area contributed by atoms with Crippen LogP contribution < -0.4 is 5.32 Å². The molecule has 1 aromatic rings. The molecule has 0 aromatic heterocycles. The van der Waals surface area contributed by atoms with Gasteiger partial charge in [0, 0.05) is 17.5 Å². The van der Waals surface area contributed by atoms with E-state index in [0.717, 1.165) is 25.5 Å². The lowest BCUT2D eigenvalue weighted by atomic mass is 9.85. The lowest BCUT2D eigenvalue weighted by Crippen LogP contribution is -2.33. The molecule has 0 bridgehead atoms. The van der Waals surface area contributed by atoms with Gasteiger partial charge in [0.25, 0.3) is 0 Å². The lowest BCUT2D eigenvalue weighted by molar-refractivity contribution is 0.307. The van der Waals surface area contributed by atoms with E-state index in [1.807, 2.05) is 0 Å². The zero-order valence-corrected chi connectivity index (χ0v) is 9.61. The second kappa shape index (κ2) is 5.11. The van der Waals surface area contributed by atoms with Crippen molar-refractivity contribution in [1.82, 2.24) is 5.32 Å². The molecule has 0 heterocycles. The van der Waals surface area contributed by atoms with Gasteiger partial charge >= 0.3 is 0 Å². The molecular formula is C12H14ClF2N. The molecule has 1 nitrogen and oxygen atoms in total. The molecule has 0 spiro atoms. The van der Waals surface area contributed by atoms with Crippen molar-refractivity contribution in [3.8, 4) is 0 Å². The fraction of sp³-hybridized carbons (Fsp3) is 0.500. The van der Waals surface area contributed by atoms with Crippen LogP contribution in [0, 0.1) is 17.6 Å². The lowest BCUT2D eigenvalue weighted by Gasteiger charge is -2.31. The molecule has 1 fully saturated rings. The fourth-order valence-electron chi connectivity index (χ4n) is 1.92. The van der Waals surface area contributed by atoms with Crippen LogP contribution in [0.2, 0.25) is 0 Å². The van der Waals surface area contributed by atoms with Gasteiger partial charge in [-0.25, -0.2) is 8.78 Å². The van der Waals surface area contributed by atoms with E-state index >= 15 is 0 Å². The highest BCUT2D eigenvalue weighted by molar-refractivity contribution is 6.21. The molecule has 0 amide bonds. The minimum atomic E-state index is -0.788. The largest absolute Gasteiger partial charge is 0.312 e. The fourth-order valence-corrected chi connectivity index (χ4v) is 2.42. The van der Waals surface area contributed by atoms with Crippen molar-refractivity contribution in [3.05, 3.63) is 35.4 Å². The van der Waals surface area contributed by atoms with E-state index < -0.39 is 11.6 Å². The molecule has 0 atom stereocenters. The van der Waals surface area contributed by atoms with Gasteiger partial charge in [-0.05, 0) is 31.4 Å². The average Bonchev–Trinajstić information content (AvgIpc) is 2.21. The number of halogens is 3. The number of benzene rings is 1. The van der Waals surface area contributed by atoms with Crippen LogP contribution in [-0.2, 0) is 6.54 Å². The molecule has 0 saturated heterocycles. The minimum Gasteiger partial charge on any atom is -0.312 e. The normalized spacial score (nSPS) is 24.2. The van der Waals surface area contributed by atoms with Crippen molar-refractivity contribution in [2.75, 3.05) is 6.54 Å². The standard InChI is InChI=1S/C12H14ClF2N/c13-10-4-8(5-10)6-16-7-9-2-1-3-11(14)12(9)15/h1-3,8,10,16H,4-7H2. The smallest absolute Gasteiger partial charge is 0.163 e. The van der Waals surface area contributed by atoms with Crippen molar-refractivity contribution < 1.29 is 8.78 Å². The summed E-state index contributed by atoms with van der Waals surface area (Å²) in [6.45, 7) is 1.19. The Morgan fingerprint density at radius 1 is 1.31 bits per heavy atom. The summed E-state index contributed by atoms with van der Waals surface area (Å²) in [6.07, 6.45) is 2.03. The minimum absolute atomic E-state index is 0.303. The van der Waals surface area contributed by atoms with E-state index in [9.17, 15) is 8.78 Å². The van der Waals surface area contributed by atoms with Gasteiger partial charge in [0.05, 0.1) is 0 Å². The first-order chi connectivity index (χ1) is 7.66. The molecule has 4 heteroatoms. The highest BCUT2D eigenvalue weighted by Crippen LogP contribution is 2.31. The summed E-state index contributed by atoms with van der Waals surface area (Å²) in [4.78, 5) is 0. The molecule has 2 rings (SSSR count). The third-order valence-electron chi connectivity index (χ3n) is 2.96. The third kappa shape index (κ3) is 2.71. The first kappa shape index (κ1) is 11.8.